The predicted molar refractivity (Wildman–Crippen MR) is 83.2 cm³/mol. The van der Waals surface area contributed by atoms with Crippen LogP contribution in [-0.2, 0) is 18.4 Å². The zero-order chi connectivity index (χ0) is 12.7. The molecule has 1 N–H and O–H groups in total. The van der Waals surface area contributed by atoms with Gasteiger partial charge in [-0.25, -0.2) is 4.98 Å². The number of nitrogens with zero attached hydrogens (tertiary/aromatic N) is 1. The van der Waals surface area contributed by atoms with Crippen molar-refractivity contribution >= 4 is 23.1 Å². The number of thiazole rings is 1. The maximum absolute atomic E-state index is 5.07. The van der Waals surface area contributed by atoms with E-state index < -0.39 is 0 Å². The molecular weight excluding hydrogens is 272 g/mol. The molecule has 1 atom stereocenters. The number of hydrogen-bond acceptors (Lipinski definition) is 4. The Morgan fingerprint density at radius 1 is 1.16 bits per heavy atom. The minimum absolute atomic E-state index is 0.214. The summed E-state index contributed by atoms with van der Waals surface area (Å²) in [6.07, 6.45) is 10.6. The SMILES string of the molecule is C1CCc2sc(C3(NC4CC4)CCCSC3)nc2C1. The predicted octanol–water partition coefficient (Wildman–Crippen LogP) is 3.50. The summed E-state index contributed by atoms with van der Waals surface area (Å²) in [5.41, 5.74) is 1.64. The van der Waals surface area contributed by atoms with E-state index in [1.54, 1.807) is 4.88 Å². The van der Waals surface area contributed by atoms with Gasteiger partial charge < -0.3 is 5.32 Å². The van der Waals surface area contributed by atoms with Crippen LogP contribution in [0.15, 0.2) is 0 Å². The molecule has 2 nitrogen and oxygen atoms in total. The second-order valence-corrected chi connectivity index (χ2v) is 8.44. The molecule has 0 spiro atoms. The molecular formula is C15H22N2S2. The standard InChI is InChI=1S/C15H22N2S2/c1-2-5-13-12(4-1)16-14(19-13)15(17-11-6-7-11)8-3-9-18-10-15/h11,17H,1-10H2. The van der Waals surface area contributed by atoms with Gasteiger partial charge in [0.2, 0.25) is 0 Å². The van der Waals surface area contributed by atoms with Crippen molar-refractivity contribution in [2.75, 3.05) is 11.5 Å². The smallest absolute Gasteiger partial charge is 0.114 e. The van der Waals surface area contributed by atoms with Crippen molar-refractivity contribution in [3.63, 3.8) is 0 Å². The molecule has 0 aromatic carbocycles. The lowest BCUT2D eigenvalue weighted by Crippen LogP contribution is -2.47. The van der Waals surface area contributed by atoms with E-state index in [9.17, 15) is 0 Å². The first kappa shape index (κ1) is 12.7. The molecule has 1 aliphatic heterocycles. The third-order valence-corrected chi connectivity index (χ3v) is 7.19. The van der Waals surface area contributed by atoms with Crippen molar-refractivity contribution in [2.45, 2.75) is 62.9 Å². The molecule has 2 fully saturated rings. The fourth-order valence-corrected chi connectivity index (χ4v) is 5.94. The summed E-state index contributed by atoms with van der Waals surface area (Å²) < 4.78 is 0. The summed E-state index contributed by atoms with van der Waals surface area (Å²) in [7, 11) is 0. The van der Waals surface area contributed by atoms with Gasteiger partial charge in [0.1, 0.15) is 5.01 Å². The average molecular weight is 294 g/mol. The van der Waals surface area contributed by atoms with Crippen LogP contribution in [0.2, 0.25) is 0 Å². The second-order valence-electron chi connectivity index (χ2n) is 6.25. The number of nitrogens with one attached hydrogen (secondary N) is 1. The van der Waals surface area contributed by atoms with Crippen molar-refractivity contribution in [1.29, 1.82) is 0 Å². The van der Waals surface area contributed by atoms with Gasteiger partial charge in [0.25, 0.3) is 0 Å². The summed E-state index contributed by atoms with van der Waals surface area (Å²) in [5, 5.41) is 5.37. The lowest BCUT2D eigenvalue weighted by atomic mass is 9.95. The van der Waals surface area contributed by atoms with Gasteiger partial charge in [0, 0.05) is 16.7 Å². The van der Waals surface area contributed by atoms with Gasteiger partial charge in [-0.15, -0.1) is 11.3 Å². The van der Waals surface area contributed by atoms with Crippen LogP contribution in [0.25, 0.3) is 0 Å². The third-order valence-electron chi connectivity index (χ3n) is 4.55. The first-order valence-corrected chi connectivity index (χ1v) is 9.67. The molecule has 3 aliphatic rings. The summed E-state index contributed by atoms with van der Waals surface area (Å²) in [4.78, 5) is 6.66. The molecule has 2 heterocycles. The van der Waals surface area contributed by atoms with Gasteiger partial charge in [-0.1, -0.05) is 0 Å². The Balaban J connectivity index is 1.66. The molecule has 4 rings (SSSR count). The Labute approximate surface area is 123 Å². The highest BCUT2D eigenvalue weighted by Crippen LogP contribution is 2.42. The number of rotatable bonds is 3. The Morgan fingerprint density at radius 3 is 2.79 bits per heavy atom. The van der Waals surface area contributed by atoms with E-state index in [-0.39, 0.29) is 5.54 Å². The van der Waals surface area contributed by atoms with Gasteiger partial charge >= 0.3 is 0 Å². The summed E-state index contributed by atoms with van der Waals surface area (Å²) in [6.45, 7) is 0. The van der Waals surface area contributed by atoms with Crippen LogP contribution in [0.1, 0.15) is 54.1 Å². The zero-order valence-electron chi connectivity index (χ0n) is 11.4. The van der Waals surface area contributed by atoms with Gasteiger partial charge in [-0.2, -0.15) is 11.8 Å². The molecule has 1 aromatic rings. The minimum atomic E-state index is 0.214. The molecule has 0 radical (unpaired) electrons. The lowest BCUT2D eigenvalue weighted by Gasteiger charge is -2.36. The van der Waals surface area contributed by atoms with E-state index in [1.165, 1.54) is 73.6 Å². The Kier molecular flexibility index (Phi) is 3.36. The summed E-state index contributed by atoms with van der Waals surface area (Å²) in [5.74, 6) is 2.56. The number of hydrogen-bond donors (Lipinski definition) is 1. The Hall–Kier alpha value is -0.0600. The molecule has 19 heavy (non-hydrogen) atoms. The van der Waals surface area contributed by atoms with Crippen molar-refractivity contribution in [1.82, 2.24) is 10.3 Å². The normalized spacial score (nSPS) is 31.2. The highest BCUT2D eigenvalue weighted by Gasteiger charge is 2.41. The molecule has 104 valence electrons. The van der Waals surface area contributed by atoms with Crippen LogP contribution < -0.4 is 5.32 Å². The van der Waals surface area contributed by atoms with Crippen LogP contribution in [0.4, 0.5) is 0 Å². The van der Waals surface area contributed by atoms with Gasteiger partial charge in [0.15, 0.2) is 0 Å². The fourth-order valence-electron chi connectivity index (χ4n) is 3.31. The second kappa shape index (κ2) is 5.05. The molecule has 1 saturated heterocycles. The van der Waals surface area contributed by atoms with E-state index in [0.717, 1.165) is 6.04 Å². The Bertz CT molecular complexity index is 435. The minimum Gasteiger partial charge on any atom is -0.302 e. The average Bonchev–Trinajstić information content (AvgIpc) is 3.14. The third kappa shape index (κ3) is 2.47. The van der Waals surface area contributed by atoms with Gasteiger partial charge in [-0.05, 0) is 57.1 Å². The van der Waals surface area contributed by atoms with Crippen molar-refractivity contribution < 1.29 is 0 Å². The summed E-state index contributed by atoms with van der Waals surface area (Å²) in [6, 6.07) is 0.777. The molecule has 1 unspecified atom stereocenters. The van der Waals surface area contributed by atoms with Gasteiger partial charge in [0.05, 0.1) is 11.2 Å². The van der Waals surface area contributed by atoms with Crippen LogP contribution in [-0.4, -0.2) is 22.5 Å². The first-order chi connectivity index (χ1) is 9.36. The maximum Gasteiger partial charge on any atom is 0.114 e. The van der Waals surface area contributed by atoms with Gasteiger partial charge in [-0.3, -0.25) is 0 Å². The highest BCUT2D eigenvalue weighted by molar-refractivity contribution is 7.99. The van der Waals surface area contributed by atoms with E-state index in [0.29, 0.717) is 0 Å². The Morgan fingerprint density at radius 2 is 2.05 bits per heavy atom. The number of aromatic nitrogens is 1. The first-order valence-electron chi connectivity index (χ1n) is 7.70. The number of thioether (sulfide) groups is 1. The summed E-state index contributed by atoms with van der Waals surface area (Å²) >= 11 is 4.14. The van der Waals surface area contributed by atoms with Crippen LogP contribution in [0.5, 0.6) is 0 Å². The van der Waals surface area contributed by atoms with E-state index in [2.05, 4.69) is 17.1 Å². The van der Waals surface area contributed by atoms with Crippen molar-refractivity contribution in [2.24, 2.45) is 0 Å². The quantitative estimate of drug-likeness (QED) is 0.923. The lowest BCUT2D eigenvalue weighted by molar-refractivity contribution is 0.332. The maximum atomic E-state index is 5.07. The van der Waals surface area contributed by atoms with E-state index in [4.69, 9.17) is 4.98 Å². The van der Waals surface area contributed by atoms with E-state index >= 15 is 0 Å². The fraction of sp³-hybridized carbons (Fsp3) is 0.800. The van der Waals surface area contributed by atoms with Crippen molar-refractivity contribution in [3.05, 3.63) is 15.6 Å². The molecule has 4 heteroatoms. The highest BCUT2D eigenvalue weighted by atomic mass is 32.2. The largest absolute Gasteiger partial charge is 0.302 e. The molecule has 0 amide bonds. The molecule has 1 saturated carbocycles. The molecule has 0 bridgehead atoms. The molecule has 1 aromatic heterocycles. The number of aryl methyl sites for hydroxylation is 2. The topological polar surface area (TPSA) is 24.9 Å². The zero-order valence-corrected chi connectivity index (χ0v) is 13.0. The van der Waals surface area contributed by atoms with E-state index in [1.807, 2.05) is 11.3 Å². The van der Waals surface area contributed by atoms with Crippen LogP contribution >= 0.6 is 23.1 Å². The monoisotopic (exact) mass is 294 g/mol. The molecule has 2 aliphatic carbocycles. The van der Waals surface area contributed by atoms with Crippen LogP contribution in [0, 0.1) is 0 Å². The number of fused-ring (bicyclic) bond motifs is 1. The van der Waals surface area contributed by atoms with Crippen LogP contribution in [0.3, 0.4) is 0 Å². The van der Waals surface area contributed by atoms with Crippen molar-refractivity contribution in [3.8, 4) is 0 Å².